The molecule has 0 amide bonds. The van der Waals surface area contributed by atoms with Crippen LogP contribution in [-0.2, 0) is 5.41 Å². The van der Waals surface area contributed by atoms with E-state index in [1.165, 1.54) is 66.3 Å². The van der Waals surface area contributed by atoms with Gasteiger partial charge in [0.2, 0.25) is 0 Å². The maximum Gasteiger partial charge on any atom is 0.187 e. The molecule has 0 saturated carbocycles. The quantitative estimate of drug-likeness (QED) is 0.147. The van der Waals surface area contributed by atoms with E-state index in [-0.39, 0.29) is 5.41 Å². The van der Waals surface area contributed by atoms with E-state index in [9.17, 15) is 0 Å². The van der Waals surface area contributed by atoms with Crippen molar-refractivity contribution in [1.82, 2.24) is 4.57 Å². The molecule has 1 aliphatic rings. The highest BCUT2D eigenvalue weighted by Crippen LogP contribution is 2.50. The highest BCUT2D eigenvalue weighted by Gasteiger charge is 2.35. The van der Waals surface area contributed by atoms with Gasteiger partial charge < -0.3 is 9.47 Å². The first-order valence-corrected chi connectivity index (χ1v) is 20.9. The Bertz CT molecular complexity index is 3300. The maximum atomic E-state index is 7.57. The lowest BCUT2D eigenvalue weighted by Gasteiger charge is -2.26. The summed E-state index contributed by atoms with van der Waals surface area (Å²) in [7, 11) is 0. The number of fused-ring (bicyclic) bond motifs is 6. The Hall–Kier alpha value is -7.93. The Morgan fingerprint density at radius 3 is 1.43 bits per heavy atom. The van der Waals surface area contributed by atoms with Gasteiger partial charge in [-0.15, -0.1) is 0 Å². The minimum absolute atomic E-state index is 0.0545. The molecule has 3 heteroatoms. The molecule has 0 unspecified atom stereocenters. The highest BCUT2D eigenvalue weighted by molar-refractivity contribution is 6.11. The Morgan fingerprint density at radius 2 is 0.852 bits per heavy atom. The van der Waals surface area contributed by atoms with E-state index in [4.69, 9.17) is 6.57 Å². The van der Waals surface area contributed by atoms with Crippen LogP contribution >= 0.6 is 0 Å². The van der Waals surface area contributed by atoms with E-state index >= 15 is 0 Å². The van der Waals surface area contributed by atoms with E-state index < -0.39 is 0 Å². The molecule has 0 atom stereocenters. The standard InChI is InChI=1S/C58H41N3/c1-58(2)54-17-11-10-16-50(54)51-33-22-44(38-55(51)58)41-20-29-48(30-21-41)60(49-31-25-45(59-3)26-32-49)47-27-18-40(19-28-47)43-24-35-57-53(37-43)52-36-42(39-12-6-4-7-13-39)23-34-56(52)61(57)46-14-8-5-9-15-46/h4-38H,1-2H3. The SMILES string of the molecule is [C-]#[N+]c1ccc(N(c2ccc(-c3ccc4c(c3)C(C)(C)c3ccccc3-4)cc2)c2ccc(-c3ccc4c(c3)c3cc(-c5ccccc5)ccc3n4-c3ccccc3)cc2)cc1. The number of hydrogen-bond acceptors (Lipinski definition) is 1. The molecule has 0 N–H and O–H groups in total. The van der Waals surface area contributed by atoms with Crippen molar-refractivity contribution in [3.05, 3.63) is 235 Å². The van der Waals surface area contributed by atoms with Crippen LogP contribution in [0.4, 0.5) is 22.7 Å². The Morgan fingerprint density at radius 1 is 0.410 bits per heavy atom. The Balaban J connectivity index is 0.963. The zero-order valence-corrected chi connectivity index (χ0v) is 34.0. The summed E-state index contributed by atoms with van der Waals surface area (Å²) in [6.45, 7) is 12.2. The summed E-state index contributed by atoms with van der Waals surface area (Å²) in [5.41, 5.74) is 19.7. The minimum Gasteiger partial charge on any atom is -0.311 e. The minimum atomic E-state index is -0.0545. The van der Waals surface area contributed by atoms with E-state index in [2.05, 4.69) is 216 Å². The third-order valence-corrected chi connectivity index (χ3v) is 12.6. The molecule has 11 rings (SSSR count). The van der Waals surface area contributed by atoms with Crippen LogP contribution in [-0.4, -0.2) is 4.57 Å². The van der Waals surface area contributed by atoms with Crippen LogP contribution in [0.2, 0.25) is 0 Å². The van der Waals surface area contributed by atoms with E-state index in [1.54, 1.807) is 0 Å². The molecule has 1 heterocycles. The fourth-order valence-electron chi connectivity index (χ4n) is 9.48. The molecular formula is C58H41N3. The van der Waals surface area contributed by atoms with Crippen molar-refractivity contribution < 1.29 is 0 Å². The van der Waals surface area contributed by atoms with Crippen molar-refractivity contribution >= 4 is 44.6 Å². The fraction of sp³-hybridized carbons (Fsp3) is 0.0517. The van der Waals surface area contributed by atoms with Gasteiger partial charge in [0.1, 0.15) is 0 Å². The molecule has 288 valence electrons. The van der Waals surface area contributed by atoms with Gasteiger partial charge in [-0.2, -0.15) is 0 Å². The molecule has 1 aliphatic carbocycles. The average Bonchev–Trinajstić information content (AvgIpc) is 3.77. The third-order valence-electron chi connectivity index (χ3n) is 12.6. The van der Waals surface area contributed by atoms with Crippen molar-refractivity contribution in [2.24, 2.45) is 0 Å². The van der Waals surface area contributed by atoms with Crippen LogP contribution in [0.25, 0.3) is 76.8 Å². The van der Waals surface area contributed by atoms with Crippen molar-refractivity contribution in [2.45, 2.75) is 19.3 Å². The molecule has 3 nitrogen and oxygen atoms in total. The fourth-order valence-corrected chi connectivity index (χ4v) is 9.48. The van der Waals surface area contributed by atoms with Gasteiger partial charge >= 0.3 is 0 Å². The van der Waals surface area contributed by atoms with Crippen molar-refractivity contribution in [3.63, 3.8) is 0 Å². The molecule has 0 aliphatic heterocycles. The lowest BCUT2D eigenvalue weighted by Crippen LogP contribution is -2.14. The largest absolute Gasteiger partial charge is 0.311 e. The molecule has 9 aromatic carbocycles. The summed E-state index contributed by atoms with van der Waals surface area (Å²) in [6, 6.07) is 76.2. The third kappa shape index (κ3) is 6.12. The lowest BCUT2D eigenvalue weighted by molar-refractivity contribution is 0.660. The average molecular weight is 780 g/mol. The summed E-state index contributed by atoms with van der Waals surface area (Å²) in [4.78, 5) is 5.93. The first kappa shape index (κ1) is 36.2. The van der Waals surface area contributed by atoms with Crippen LogP contribution < -0.4 is 4.90 Å². The second-order valence-electron chi connectivity index (χ2n) is 16.5. The monoisotopic (exact) mass is 779 g/mol. The van der Waals surface area contributed by atoms with Crippen LogP contribution in [0.3, 0.4) is 0 Å². The number of nitrogens with zero attached hydrogens (tertiary/aromatic N) is 3. The number of hydrogen-bond donors (Lipinski definition) is 0. The molecule has 0 saturated heterocycles. The van der Waals surface area contributed by atoms with Gasteiger partial charge in [0.25, 0.3) is 0 Å². The molecule has 0 radical (unpaired) electrons. The first-order valence-electron chi connectivity index (χ1n) is 20.9. The number of para-hydroxylation sites is 1. The van der Waals surface area contributed by atoms with Gasteiger partial charge in [0.15, 0.2) is 5.69 Å². The normalized spacial score (nSPS) is 12.5. The topological polar surface area (TPSA) is 12.5 Å². The van der Waals surface area contributed by atoms with Crippen LogP contribution in [0, 0.1) is 6.57 Å². The van der Waals surface area contributed by atoms with Crippen molar-refractivity contribution in [3.8, 4) is 50.2 Å². The molecule has 61 heavy (non-hydrogen) atoms. The number of rotatable bonds is 7. The Labute approximate surface area is 356 Å². The molecule has 10 aromatic rings. The van der Waals surface area contributed by atoms with Gasteiger partial charge in [-0.25, -0.2) is 4.85 Å². The van der Waals surface area contributed by atoms with Crippen LogP contribution in [0.5, 0.6) is 0 Å². The zero-order chi connectivity index (χ0) is 41.1. The Kier molecular flexibility index (Phi) is 8.55. The van der Waals surface area contributed by atoms with Gasteiger partial charge in [-0.05, 0) is 134 Å². The molecule has 0 bridgehead atoms. The summed E-state index contributed by atoms with van der Waals surface area (Å²) >= 11 is 0. The molecule has 0 spiro atoms. The number of benzene rings is 9. The first-order chi connectivity index (χ1) is 29.9. The van der Waals surface area contributed by atoms with Crippen molar-refractivity contribution in [2.75, 3.05) is 4.90 Å². The van der Waals surface area contributed by atoms with E-state index in [0.717, 1.165) is 33.9 Å². The molecular weight excluding hydrogens is 739 g/mol. The second-order valence-corrected chi connectivity index (χ2v) is 16.5. The van der Waals surface area contributed by atoms with Gasteiger partial charge in [-0.1, -0.05) is 147 Å². The van der Waals surface area contributed by atoms with Crippen LogP contribution in [0.15, 0.2) is 212 Å². The van der Waals surface area contributed by atoms with E-state index in [0.29, 0.717) is 5.69 Å². The van der Waals surface area contributed by atoms with Crippen LogP contribution in [0.1, 0.15) is 25.0 Å². The van der Waals surface area contributed by atoms with Gasteiger partial charge in [0, 0.05) is 38.9 Å². The summed E-state index contributed by atoms with van der Waals surface area (Å²) in [6.07, 6.45) is 0. The van der Waals surface area contributed by atoms with E-state index in [1.807, 2.05) is 24.3 Å². The lowest BCUT2D eigenvalue weighted by atomic mass is 9.81. The number of aromatic nitrogens is 1. The highest BCUT2D eigenvalue weighted by atomic mass is 15.1. The van der Waals surface area contributed by atoms with Gasteiger partial charge in [0.05, 0.1) is 17.6 Å². The molecule has 1 aromatic heterocycles. The zero-order valence-electron chi connectivity index (χ0n) is 34.0. The summed E-state index contributed by atoms with van der Waals surface area (Å²) < 4.78 is 2.37. The van der Waals surface area contributed by atoms with Gasteiger partial charge in [-0.3, -0.25) is 0 Å². The summed E-state index contributed by atoms with van der Waals surface area (Å²) in [5, 5.41) is 2.45. The van der Waals surface area contributed by atoms with Crippen molar-refractivity contribution in [1.29, 1.82) is 0 Å². The number of anilines is 3. The second kappa shape index (κ2) is 14.4. The summed E-state index contributed by atoms with van der Waals surface area (Å²) in [5.74, 6) is 0. The smallest absolute Gasteiger partial charge is 0.187 e. The predicted molar refractivity (Wildman–Crippen MR) is 256 cm³/mol. The maximum absolute atomic E-state index is 7.57. The predicted octanol–water partition coefficient (Wildman–Crippen LogP) is 16.1. The molecule has 0 fully saturated rings.